The number of amides is 2. The van der Waals surface area contributed by atoms with Crippen LogP contribution in [0, 0.1) is 18.8 Å². The van der Waals surface area contributed by atoms with Crippen LogP contribution in [0.2, 0.25) is 0 Å². The van der Waals surface area contributed by atoms with E-state index < -0.39 is 5.97 Å². The standard InChI is InChI=1S/C23H26N2O4/c1-15-3-11-19(12-4-15)24-21(26)16-5-7-17(8-6-16)22(27)25-20-13-9-18(10-14-20)23(28)29-2/h3-4,9-14,16-17H,5-8H2,1-2H3,(H,24,26)(H,25,27). The molecule has 0 saturated heterocycles. The van der Waals surface area contributed by atoms with Crippen LogP contribution in [0.1, 0.15) is 41.6 Å². The smallest absolute Gasteiger partial charge is 0.337 e. The third-order valence-corrected chi connectivity index (χ3v) is 5.36. The minimum Gasteiger partial charge on any atom is -0.465 e. The number of esters is 1. The van der Waals surface area contributed by atoms with E-state index in [1.807, 2.05) is 31.2 Å². The Morgan fingerprint density at radius 3 is 1.59 bits per heavy atom. The molecule has 152 valence electrons. The van der Waals surface area contributed by atoms with Crippen LogP contribution in [0.4, 0.5) is 11.4 Å². The molecule has 2 N–H and O–H groups in total. The van der Waals surface area contributed by atoms with Gasteiger partial charge in [0, 0.05) is 23.2 Å². The number of nitrogens with one attached hydrogen (secondary N) is 2. The Balaban J connectivity index is 1.48. The van der Waals surface area contributed by atoms with Crippen LogP contribution >= 0.6 is 0 Å². The molecule has 0 aromatic heterocycles. The van der Waals surface area contributed by atoms with Crippen LogP contribution in [-0.4, -0.2) is 24.9 Å². The number of hydrogen-bond donors (Lipinski definition) is 2. The van der Waals surface area contributed by atoms with Crippen molar-refractivity contribution < 1.29 is 19.1 Å². The van der Waals surface area contributed by atoms with Crippen LogP contribution in [0.15, 0.2) is 48.5 Å². The fourth-order valence-electron chi connectivity index (χ4n) is 3.55. The zero-order chi connectivity index (χ0) is 20.8. The highest BCUT2D eigenvalue weighted by Gasteiger charge is 2.30. The lowest BCUT2D eigenvalue weighted by Crippen LogP contribution is -2.32. The van der Waals surface area contributed by atoms with E-state index in [9.17, 15) is 14.4 Å². The second-order valence-corrected chi connectivity index (χ2v) is 7.46. The summed E-state index contributed by atoms with van der Waals surface area (Å²) in [7, 11) is 1.33. The van der Waals surface area contributed by atoms with E-state index in [0.29, 0.717) is 36.9 Å². The Hall–Kier alpha value is -3.15. The molecule has 2 aromatic carbocycles. The SMILES string of the molecule is COC(=O)c1ccc(NC(=O)C2CCC(C(=O)Nc3ccc(C)cc3)CC2)cc1. The summed E-state index contributed by atoms with van der Waals surface area (Å²) in [5.74, 6) is -0.622. The Morgan fingerprint density at radius 2 is 1.17 bits per heavy atom. The van der Waals surface area contributed by atoms with Gasteiger partial charge in [-0.2, -0.15) is 0 Å². The normalized spacial score (nSPS) is 18.6. The monoisotopic (exact) mass is 394 g/mol. The molecule has 3 rings (SSSR count). The number of anilines is 2. The zero-order valence-corrected chi connectivity index (χ0v) is 16.7. The molecule has 2 aromatic rings. The van der Waals surface area contributed by atoms with E-state index in [1.165, 1.54) is 7.11 Å². The fourth-order valence-corrected chi connectivity index (χ4v) is 3.55. The van der Waals surface area contributed by atoms with Gasteiger partial charge in [-0.1, -0.05) is 17.7 Å². The van der Waals surface area contributed by atoms with Crippen LogP contribution in [0.5, 0.6) is 0 Å². The summed E-state index contributed by atoms with van der Waals surface area (Å²) >= 11 is 0. The van der Waals surface area contributed by atoms with E-state index in [-0.39, 0.29) is 23.7 Å². The molecule has 0 atom stereocenters. The molecule has 1 aliphatic rings. The molecule has 0 aliphatic heterocycles. The maximum absolute atomic E-state index is 12.5. The molecule has 1 fully saturated rings. The molecule has 0 radical (unpaired) electrons. The summed E-state index contributed by atoms with van der Waals surface area (Å²) in [6.07, 6.45) is 2.74. The van der Waals surface area contributed by atoms with Crippen molar-refractivity contribution in [1.82, 2.24) is 0 Å². The Morgan fingerprint density at radius 1 is 0.759 bits per heavy atom. The summed E-state index contributed by atoms with van der Waals surface area (Å²) < 4.78 is 4.67. The molecular formula is C23H26N2O4. The number of methoxy groups -OCH3 is 1. The van der Waals surface area contributed by atoms with Gasteiger partial charge in [0.2, 0.25) is 11.8 Å². The number of carbonyl (C=O) groups excluding carboxylic acids is 3. The van der Waals surface area contributed by atoms with Crippen molar-refractivity contribution in [3.63, 3.8) is 0 Å². The van der Waals surface area contributed by atoms with Crippen LogP contribution in [-0.2, 0) is 14.3 Å². The summed E-state index contributed by atoms with van der Waals surface area (Å²) in [5.41, 5.74) is 3.03. The zero-order valence-electron chi connectivity index (χ0n) is 16.7. The molecule has 0 heterocycles. The predicted octanol–water partition coefficient (Wildman–Crippen LogP) is 4.17. The van der Waals surface area contributed by atoms with Crippen LogP contribution < -0.4 is 10.6 Å². The van der Waals surface area contributed by atoms with Gasteiger partial charge in [0.25, 0.3) is 0 Å². The first-order valence-corrected chi connectivity index (χ1v) is 9.83. The first-order valence-electron chi connectivity index (χ1n) is 9.83. The topological polar surface area (TPSA) is 84.5 Å². The third-order valence-electron chi connectivity index (χ3n) is 5.36. The molecule has 2 amide bonds. The summed E-state index contributed by atoms with van der Waals surface area (Å²) in [6, 6.07) is 14.3. The van der Waals surface area contributed by atoms with Crippen molar-refractivity contribution in [3.8, 4) is 0 Å². The average Bonchev–Trinajstić information content (AvgIpc) is 2.75. The molecular weight excluding hydrogens is 368 g/mol. The maximum atomic E-state index is 12.5. The van der Waals surface area contributed by atoms with Crippen molar-refractivity contribution in [1.29, 1.82) is 0 Å². The highest BCUT2D eigenvalue weighted by Crippen LogP contribution is 2.30. The molecule has 0 spiro atoms. The van der Waals surface area contributed by atoms with Gasteiger partial charge in [-0.3, -0.25) is 9.59 Å². The maximum Gasteiger partial charge on any atom is 0.337 e. The van der Waals surface area contributed by atoms with Gasteiger partial charge in [0.1, 0.15) is 0 Å². The average molecular weight is 394 g/mol. The van der Waals surface area contributed by atoms with Gasteiger partial charge >= 0.3 is 5.97 Å². The fraction of sp³-hybridized carbons (Fsp3) is 0.348. The Labute approximate surface area is 170 Å². The van der Waals surface area contributed by atoms with E-state index in [0.717, 1.165) is 11.3 Å². The Kier molecular flexibility index (Phi) is 6.65. The van der Waals surface area contributed by atoms with Gasteiger partial charge < -0.3 is 15.4 Å². The largest absolute Gasteiger partial charge is 0.465 e. The van der Waals surface area contributed by atoms with Gasteiger partial charge in [-0.15, -0.1) is 0 Å². The van der Waals surface area contributed by atoms with Crippen LogP contribution in [0.3, 0.4) is 0 Å². The second kappa shape index (κ2) is 9.37. The minimum atomic E-state index is -0.412. The Bertz CT molecular complexity index is 867. The van der Waals surface area contributed by atoms with Crippen molar-refractivity contribution in [2.24, 2.45) is 11.8 Å². The summed E-state index contributed by atoms with van der Waals surface area (Å²) in [4.78, 5) is 36.5. The van der Waals surface area contributed by atoms with Crippen molar-refractivity contribution in [2.75, 3.05) is 17.7 Å². The number of hydrogen-bond acceptors (Lipinski definition) is 4. The van der Waals surface area contributed by atoms with Crippen LogP contribution in [0.25, 0.3) is 0 Å². The van der Waals surface area contributed by atoms with Gasteiger partial charge in [0.15, 0.2) is 0 Å². The predicted molar refractivity (Wildman–Crippen MR) is 112 cm³/mol. The highest BCUT2D eigenvalue weighted by atomic mass is 16.5. The van der Waals surface area contributed by atoms with Gasteiger partial charge in [0.05, 0.1) is 12.7 Å². The van der Waals surface area contributed by atoms with E-state index in [2.05, 4.69) is 15.4 Å². The molecule has 1 aliphatic carbocycles. The third kappa shape index (κ3) is 5.44. The van der Waals surface area contributed by atoms with Crippen molar-refractivity contribution >= 4 is 29.2 Å². The van der Waals surface area contributed by atoms with Crippen molar-refractivity contribution in [2.45, 2.75) is 32.6 Å². The molecule has 6 heteroatoms. The first-order chi connectivity index (χ1) is 14.0. The number of benzene rings is 2. The summed E-state index contributed by atoms with van der Waals surface area (Å²) in [5, 5.41) is 5.86. The quantitative estimate of drug-likeness (QED) is 0.746. The van der Waals surface area contributed by atoms with Gasteiger partial charge in [-0.05, 0) is 69.0 Å². The molecule has 29 heavy (non-hydrogen) atoms. The van der Waals surface area contributed by atoms with E-state index in [4.69, 9.17) is 0 Å². The molecule has 1 saturated carbocycles. The molecule has 6 nitrogen and oxygen atoms in total. The lowest BCUT2D eigenvalue weighted by molar-refractivity contribution is -0.125. The number of rotatable bonds is 5. The first kappa shape index (κ1) is 20.6. The number of carbonyl (C=O) groups is 3. The van der Waals surface area contributed by atoms with Gasteiger partial charge in [-0.25, -0.2) is 4.79 Å². The second-order valence-electron chi connectivity index (χ2n) is 7.46. The highest BCUT2D eigenvalue weighted by molar-refractivity contribution is 5.95. The number of ether oxygens (including phenoxy) is 1. The lowest BCUT2D eigenvalue weighted by atomic mass is 9.81. The molecule has 0 unspecified atom stereocenters. The van der Waals surface area contributed by atoms with E-state index in [1.54, 1.807) is 24.3 Å². The van der Waals surface area contributed by atoms with Crippen molar-refractivity contribution in [3.05, 3.63) is 59.7 Å². The lowest BCUT2D eigenvalue weighted by Gasteiger charge is -2.27. The van der Waals surface area contributed by atoms with E-state index >= 15 is 0 Å². The minimum absolute atomic E-state index is 0.0195. The molecule has 0 bridgehead atoms. The number of aryl methyl sites for hydroxylation is 1. The summed E-state index contributed by atoms with van der Waals surface area (Å²) in [6.45, 7) is 2.01.